The fourth-order valence-corrected chi connectivity index (χ4v) is 3.99. The van der Waals surface area contributed by atoms with Crippen LogP contribution in [-0.2, 0) is 14.3 Å². The van der Waals surface area contributed by atoms with Crippen LogP contribution >= 0.6 is 0 Å². The molecule has 0 radical (unpaired) electrons. The molecule has 108 valence electrons. The molecule has 1 aliphatic heterocycles. The molecule has 0 unspecified atom stereocenters. The number of carbonyl (C=O) groups is 1. The lowest BCUT2D eigenvalue weighted by molar-refractivity contribution is -0.179. The van der Waals surface area contributed by atoms with Crippen molar-refractivity contribution < 1.29 is 14.3 Å². The number of ether oxygens (including phenoxy) is 2. The molecule has 3 nitrogen and oxygen atoms in total. The Morgan fingerprint density at radius 1 is 1.53 bits per heavy atom. The van der Waals surface area contributed by atoms with Crippen LogP contribution in [0, 0.1) is 23.2 Å². The van der Waals surface area contributed by atoms with Gasteiger partial charge in [0.15, 0.2) is 0 Å². The van der Waals surface area contributed by atoms with Crippen LogP contribution < -0.4 is 0 Å². The summed E-state index contributed by atoms with van der Waals surface area (Å²) in [7, 11) is 0. The van der Waals surface area contributed by atoms with Crippen molar-refractivity contribution >= 4 is 5.97 Å². The molecule has 0 N–H and O–H groups in total. The molecule has 5 atom stereocenters. The van der Waals surface area contributed by atoms with Crippen LogP contribution in [0.3, 0.4) is 0 Å². The van der Waals surface area contributed by atoms with E-state index in [0.717, 1.165) is 6.42 Å². The first-order valence-electron chi connectivity index (χ1n) is 7.35. The number of allylic oxidation sites excluding steroid dienone is 1. The molecular weight excluding hydrogens is 240 g/mol. The molecule has 3 heteroatoms. The van der Waals surface area contributed by atoms with E-state index in [2.05, 4.69) is 33.8 Å². The third-order valence-electron chi connectivity index (χ3n) is 5.30. The summed E-state index contributed by atoms with van der Waals surface area (Å²) in [6.07, 6.45) is 3.71. The van der Waals surface area contributed by atoms with E-state index in [-0.39, 0.29) is 11.4 Å². The molecule has 1 fully saturated rings. The predicted octanol–water partition coefficient (Wildman–Crippen LogP) is 3.19. The van der Waals surface area contributed by atoms with E-state index in [1.54, 1.807) is 0 Å². The summed E-state index contributed by atoms with van der Waals surface area (Å²) in [4.78, 5) is 11.2. The van der Waals surface area contributed by atoms with Crippen LogP contribution in [0.15, 0.2) is 11.6 Å². The number of carbonyl (C=O) groups excluding carboxylic acids is 1. The summed E-state index contributed by atoms with van der Waals surface area (Å²) < 4.78 is 11.5. The van der Waals surface area contributed by atoms with Crippen LogP contribution in [0.2, 0.25) is 0 Å². The molecule has 0 aromatic carbocycles. The Hall–Kier alpha value is -0.830. The molecule has 1 saturated heterocycles. The van der Waals surface area contributed by atoms with E-state index in [9.17, 15) is 4.79 Å². The van der Waals surface area contributed by atoms with Gasteiger partial charge in [-0.15, -0.1) is 0 Å². The molecule has 19 heavy (non-hydrogen) atoms. The Morgan fingerprint density at radius 2 is 2.21 bits per heavy atom. The molecule has 1 aliphatic carbocycles. The molecule has 0 aromatic heterocycles. The lowest BCUT2D eigenvalue weighted by Crippen LogP contribution is -2.56. The molecule has 2 rings (SSSR count). The number of hydrogen-bond donors (Lipinski definition) is 0. The minimum Gasteiger partial charge on any atom is -0.465 e. The predicted molar refractivity (Wildman–Crippen MR) is 74.7 cm³/mol. The Morgan fingerprint density at radius 3 is 2.79 bits per heavy atom. The Labute approximate surface area is 116 Å². The fourth-order valence-electron chi connectivity index (χ4n) is 3.99. The molecule has 2 bridgehead atoms. The molecule has 1 heterocycles. The second-order valence-electron chi connectivity index (χ2n) is 6.28. The van der Waals surface area contributed by atoms with Crippen molar-refractivity contribution in [1.82, 2.24) is 0 Å². The number of rotatable bonds is 3. The summed E-state index contributed by atoms with van der Waals surface area (Å²) in [5.74, 6) is 1.14. The van der Waals surface area contributed by atoms with Gasteiger partial charge >= 0.3 is 5.97 Å². The summed E-state index contributed by atoms with van der Waals surface area (Å²) in [5.41, 5.74) is 1.38. The smallest absolute Gasteiger partial charge is 0.302 e. The standard InChI is InChI=1S/C16H26O3/c1-6-14-15-10(2)7-11(3)16(9-19-14,12(15)4)8-18-13(5)17/h7,11-12,14-15H,6,8-9H2,1-5H3/t11-,12+,14+,15-,16+/m0/s1. The maximum Gasteiger partial charge on any atom is 0.302 e. The summed E-state index contributed by atoms with van der Waals surface area (Å²) >= 11 is 0. The van der Waals surface area contributed by atoms with Gasteiger partial charge in [0.1, 0.15) is 0 Å². The maximum atomic E-state index is 11.2. The first-order chi connectivity index (χ1) is 8.92. The Balaban J connectivity index is 2.31. The summed E-state index contributed by atoms with van der Waals surface area (Å²) in [6, 6.07) is 0. The van der Waals surface area contributed by atoms with Gasteiger partial charge < -0.3 is 9.47 Å². The van der Waals surface area contributed by atoms with Crippen LogP contribution in [0.25, 0.3) is 0 Å². The second kappa shape index (κ2) is 5.28. The molecule has 0 aromatic rings. The van der Waals surface area contributed by atoms with Crippen molar-refractivity contribution in [3.8, 4) is 0 Å². The number of esters is 1. The third kappa shape index (κ3) is 2.33. The van der Waals surface area contributed by atoms with Crippen LogP contribution in [-0.4, -0.2) is 25.3 Å². The van der Waals surface area contributed by atoms with Gasteiger partial charge in [-0.05, 0) is 25.2 Å². The summed E-state index contributed by atoms with van der Waals surface area (Å²) in [6.45, 7) is 11.6. The zero-order valence-electron chi connectivity index (χ0n) is 12.7. The number of fused-ring (bicyclic) bond motifs is 2. The minimum absolute atomic E-state index is 0.0541. The van der Waals surface area contributed by atoms with E-state index < -0.39 is 0 Å². The number of hydrogen-bond acceptors (Lipinski definition) is 3. The van der Waals surface area contributed by atoms with Crippen molar-refractivity contribution in [2.45, 2.75) is 47.1 Å². The monoisotopic (exact) mass is 266 g/mol. The van der Waals surface area contributed by atoms with E-state index in [1.807, 2.05) is 0 Å². The quantitative estimate of drug-likeness (QED) is 0.581. The molecule has 0 saturated carbocycles. The normalized spacial score (nSPS) is 41.6. The van der Waals surface area contributed by atoms with E-state index in [1.165, 1.54) is 12.5 Å². The highest BCUT2D eigenvalue weighted by Gasteiger charge is 2.53. The van der Waals surface area contributed by atoms with Crippen LogP contribution in [0.5, 0.6) is 0 Å². The fraction of sp³-hybridized carbons (Fsp3) is 0.812. The van der Waals surface area contributed by atoms with Crippen molar-refractivity contribution in [1.29, 1.82) is 0 Å². The second-order valence-corrected chi connectivity index (χ2v) is 6.28. The van der Waals surface area contributed by atoms with E-state index in [4.69, 9.17) is 9.47 Å². The Bertz CT molecular complexity index is 387. The lowest BCUT2D eigenvalue weighted by atomic mass is 9.56. The summed E-state index contributed by atoms with van der Waals surface area (Å²) in [5, 5.41) is 0. The molecule has 0 spiro atoms. The van der Waals surface area contributed by atoms with Crippen molar-refractivity contribution in [3.05, 3.63) is 11.6 Å². The maximum absolute atomic E-state index is 11.2. The molecule has 2 aliphatic rings. The van der Waals surface area contributed by atoms with E-state index >= 15 is 0 Å². The van der Waals surface area contributed by atoms with Crippen molar-refractivity contribution in [3.63, 3.8) is 0 Å². The highest BCUT2D eigenvalue weighted by Crippen LogP contribution is 2.53. The van der Waals surface area contributed by atoms with Gasteiger partial charge in [-0.2, -0.15) is 0 Å². The zero-order chi connectivity index (χ0) is 14.2. The highest BCUT2D eigenvalue weighted by molar-refractivity contribution is 5.65. The largest absolute Gasteiger partial charge is 0.465 e. The lowest BCUT2D eigenvalue weighted by Gasteiger charge is -2.55. The first-order valence-corrected chi connectivity index (χ1v) is 7.35. The topological polar surface area (TPSA) is 35.5 Å². The van der Waals surface area contributed by atoms with Gasteiger partial charge in [0.2, 0.25) is 0 Å². The molecular formula is C16H26O3. The van der Waals surface area contributed by atoms with Crippen molar-refractivity contribution in [2.24, 2.45) is 23.2 Å². The van der Waals surface area contributed by atoms with Gasteiger partial charge in [0, 0.05) is 18.3 Å². The Kier molecular flexibility index (Phi) is 4.05. The van der Waals surface area contributed by atoms with Gasteiger partial charge in [-0.3, -0.25) is 4.79 Å². The van der Waals surface area contributed by atoms with Gasteiger partial charge in [0.05, 0.1) is 19.3 Å². The van der Waals surface area contributed by atoms with Crippen molar-refractivity contribution in [2.75, 3.05) is 13.2 Å². The van der Waals surface area contributed by atoms with Crippen LogP contribution in [0.1, 0.15) is 41.0 Å². The van der Waals surface area contributed by atoms with Gasteiger partial charge in [-0.1, -0.05) is 32.4 Å². The third-order valence-corrected chi connectivity index (χ3v) is 5.30. The molecule has 0 amide bonds. The average Bonchev–Trinajstić information content (AvgIpc) is 2.34. The van der Waals surface area contributed by atoms with Gasteiger partial charge in [0.25, 0.3) is 0 Å². The SMILES string of the molecule is CC[C@H]1OC[C@@]2(COC(C)=O)[C@H](C)[C@@H]1C(C)=C[C@@H]2C. The minimum atomic E-state index is -0.200. The first kappa shape index (κ1) is 14.6. The zero-order valence-corrected chi connectivity index (χ0v) is 12.7. The van der Waals surface area contributed by atoms with Gasteiger partial charge in [-0.25, -0.2) is 0 Å². The average molecular weight is 266 g/mol. The highest BCUT2D eigenvalue weighted by atomic mass is 16.5. The van der Waals surface area contributed by atoms with E-state index in [0.29, 0.717) is 37.1 Å². The van der Waals surface area contributed by atoms with Crippen LogP contribution in [0.4, 0.5) is 0 Å².